The van der Waals surface area contributed by atoms with Gasteiger partial charge >= 0.3 is 6.18 Å². The van der Waals surface area contributed by atoms with Crippen LogP contribution in [0.3, 0.4) is 0 Å². The molecule has 0 aromatic carbocycles. The molecule has 0 radical (unpaired) electrons. The van der Waals surface area contributed by atoms with Crippen LogP contribution in [0.25, 0.3) is 0 Å². The van der Waals surface area contributed by atoms with Crippen LogP contribution in [-0.2, 0) is 4.79 Å². The van der Waals surface area contributed by atoms with Gasteiger partial charge in [0.1, 0.15) is 6.54 Å². The normalized spacial score (nSPS) is 10.9. The third-order valence-electron chi connectivity index (χ3n) is 0.821. The van der Waals surface area contributed by atoms with E-state index in [1.165, 1.54) is 0 Å². The summed E-state index contributed by atoms with van der Waals surface area (Å²) in [4.78, 5) is 10.4. The van der Waals surface area contributed by atoms with E-state index in [9.17, 15) is 18.0 Å². The van der Waals surface area contributed by atoms with E-state index in [1.807, 2.05) is 0 Å². The largest absolute Gasteiger partial charge is 0.405 e. The first-order valence-corrected chi connectivity index (χ1v) is 3.34. The minimum absolute atomic E-state index is 0.130. The zero-order chi connectivity index (χ0) is 9.78. The molecule has 0 atom stereocenters. The number of nitrogens with two attached hydrogens (primary N) is 1. The summed E-state index contributed by atoms with van der Waals surface area (Å²) in [5, 5.41) is 1.62. The standard InChI is InChI=1S/C5H7F3N2OS/c6-5(7,8)2-10-4(11)1-3(9)12/h1-2H2,(H2,9,12)(H,10,11). The van der Waals surface area contributed by atoms with E-state index in [0.717, 1.165) is 0 Å². The second-order valence-electron chi connectivity index (χ2n) is 2.03. The average molecular weight is 200 g/mol. The fraction of sp³-hybridized carbons (Fsp3) is 0.600. The van der Waals surface area contributed by atoms with Crippen molar-refractivity contribution in [3.8, 4) is 0 Å². The van der Waals surface area contributed by atoms with Crippen molar-refractivity contribution in [1.29, 1.82) is 0 Å². The zero-order valence-corrected chi connectivity index (χ0v) is 6.76. The summed E-state index contributed by atoms with van der Waals surface area (Å²) in [5.41, 5.74) is 4.92. The van der Waals surface area contributed by atoms with Gasteiger partial charge in [0.25, 0.3) is 0 Å². The molecule has 3 N–H and O–H groups in total. The Balaban J connectivity index is 3.65. The molecule has 0 unspecified atom stereocenters. The molecule has 0 saturated heterocycles. The van der Waals surface area contributed by atoms with Crippen LogP contribution >= 0.6 is 12.2 Å². The fourth-order valence-electron chi connectivity index (χ4n) is 0.420. The number of hydrogen-bond acceptors (Lipinski definition) is 2. The van der Waals surface area contributed by atoms with Gasteiger partial charge in [0.15, 0.2) is 0 Å². The van der Waals surface area contributed by atoms with Crippen molar-refractivity contribution in [3.05, 3.63) is 0 Å². The van der Waals surface area contributed by atoms with Crippen LogP contribution in [-0.4, -0.2) is 23.6 Å². The van der Waals surface area contributed by atoms with Crippen LogP contribution < -0.4 is 11.1 Å². The third kappa shape index (κ3) is 7.26. The predicted molar refractivity (Wildman–Crippen MR) is 40.5 cm³/mol. The molecule has 0 fully saturated rings. The molecule has 7 heteroatoms. The maximum absolute atomic E-state index is 11.5. The predicted octanol–water partition coefficient (Wildman–Crippen LogP) is 0.341. The molecule has 1 amide bonds. The molecule has 0 aromatic rings. The van der Waals surface area contributed by atoms with Crippen molar-refractivity contribution in [2.45, 2.75) is 12.6 Å². The maximum Gasteiger partial charge on any atom is 0.405 e. The Morgan fingerprint density at radius 1 is 1.50 bits per heavy atom. The average Bonchev–Trinajstić information content (AvgIpc) is 1.80. The highest BCUT2D eigenvalue weighted by Crippen LogP contribution is 2.11. The molecule has 0 aliphatic heterocycles. The lowest BCUT2D eigenvalue weighted by molar-refractivity contribution is -0.137. The molecule has 0 rings (SSSR count). The summed E-state index contributed by atoms with van der Waals surface area (Å²) >= 11 is 4.32. The van der Waals surface area contributed by atoms with Crippen LogP contribution in [0.2, 0.25) is 0 Å². The van der Waals surface area contributed by atoms with Gasteiger partial charge in [-0.25, -0.2) is 0 Å². The number of alkyl halides is 3. The lowest BCUT2D eigenvalue weighted by atomic mass is 10.4. The van der Waals surface area contributed by atoms with Crippen molar-refractivity contribution in [3.63, 3.8) is 0 Å². The molecule has 0 spiro atoms. The molecule has 3 nitrogen and oxygen atoms in total. The van der Waals surface area contributed by atoms with Crippen LogP contribution in [0.5, 0.6) is 0 Å². The third-order valence-corrected chi connectivity index (χ3v) is 0.965. The molecule has 0 aliphatic rings. The molecule has 0 bridgehead atoms. The minimum Gasteiger partial charge on any atom is -0.393 e. The van der Waals surface area contributed by atoms with Gasteiger partial charge in [-0.2, -0.15) is 13.2 Å². The smallest absolute Gasteiger partial charge is 0.393 e. The number of carbonyl (C=O) groups is 1. The molecular weight excluding hydrogens is 193 g/mol. The monoisotopic (exact) mass is 200 g/mol. The summed E-state index contributed by atoms with van der Waals surface area (Å²) < 4.78 is 34.4. The Hall–Kier alpha value is -0.850. The van der Waals surface area contributed by atoms with Crippen molar-refractivity contribution >= 4 is 23.1 Å². The highest BCUT2D eigenvalue weighted by atomic mass is 32.1. The number of rotatable bonds is 3. The highest BCUT2D eigenvalue weighted by Gasteiger charge is 2.27. The molecular formula is C5H7F3N2OS. The minimum atomic E-state index is -4.40. The van der Waals surface area contributed by atoms with Crippen molar-refractivity contribution in [2.24, 2.45) is 5.73 Å². The van der Waals surface area contributed by atoms with E-state index >= 15 is 0 Å². The second kappa shape index (κ2) is 4.24. The molecule has 0 aliphatic carbocycles. The quantitative estimate of drug-likeness (QED) is 0.646. The Morgan fingerprint density at radius 2 is 2.00 bits per heavy atom. The first kappa shape index (κ1) is 11.2. The van der Waals surface area contributed by atoms with Gasteiger partial charge in [0.05, 0.1) is 11.4 Å². The number of amides is 1. The van der Waals surface area contributed by atoms with Crippen LogP contribution in [0.4, 0.5) is 13.2 Å². The van der Waals surface area contributed by atoms with Crippen molar-refractivity contribution in [1.82, 2.24) is 5.32 Å². The van der Waals surface area contributed by atoms with Gasteiger partial charge in [-0.3, -0.25) is 4.79 Å². The van der Waals surface area contributed by atoms with E-state index in [1.54, 1.807) is 5.32 Å². The summed E-state index contributed by atoms with van der Waals surface area (Å²) in [7, 11) is 0. The van der Waals surface area contributed by atoms with Crippen LogP contribution in [0.1, 0.15) is 6.42 Å². The van der Waals surface area contributed by atoms with Crippen molar-refractivity contribution < 1.29 is 18.0 Å². The fourth-order valence-corrected chi connectivity index (χ4v) is 0.551. The number of carbonyl (C=O) groups excluding carboxylic acids is 1. The second-order valence-corrected chi connectivity index (χ2v) is 2.56. The van der Waals surface area contributed by atoms with Gasteiger partial charge in [-0.1, -0.05) is 12.2 Å². The van der Waals surface area contributed by atoms with Gasteiger partial charge in [-0.05, 0) is 0 Å². The van der Waals surface area contributed by atoms with Crippen LogP contribution in [0, 0.1) is 0 Å². The van der Waals surface area contributed by atoms with E-state index in [4.69, 9.17) is 5.73 Å². The molecule has 0 aromatic heterocycles. The Kier molecular flexibility index (Phi) is 3.94. The molecule has 70 valence electrons. The van der Waals surface area contributed by atoms with Crippen molar-refractivity contribution in [2.75, 3.05) is 6.54 Å². The summed E-state index contributed by atoms with van der Waals surface area (Å²) in [6.07, 6.45) is -4.75. The molecule has 12 heavy (non-hydrogen) atoms. The van der Waals surface area contributed by atoms with E-state index < -0.39 is 18.6 Å². The summed E-state index contributed by atoms with van der Waals surface area (Å²) in [6.45, 7) is -1.35. The summed E-state index contributed by atoms with van der Waals surface area (Å²) in [5.74, 6) is -0.820. The topological polar surface area (TPSA) is 55.1 Å². The van der Waals surface area contributed by atoms with Gasteiger partial charge < -0.3 is 11.1 Å². The molecule has 0 saturated carbocycles. The van der Waals surface area contributed by atoms with E-state index in [0.29, 0.717) is 0 Å². The Bertz CT molecular complexity index is 192. The lowest BCUT2D eigenvalue weighted by Crippen LogP contribution is -2.35. The number of nitrogens with one attached hydrogen (secondary N) is 1. The van der Waals surface area contributed by atoms with E-state index in [-0.39, 0.29) is 11.4 Å². The maximum atomic E-state index is 11.5. The zero-order valence-electron chi connectivity index (χ0n) is 5.94. The number of hydrogen-bond donors (Lipinski definition) is 2. The van der Waals surface area contributed by atoms with Crippen LogP contribution in [0.15, 0.2) is 0 Å². The number of halogens is 3. The highest BCUT2D eigenvalue weighted by molar-refractivity contribution is 7.80. The van der Waals surface area contributed by atoms with Gasteiger partial charge in [0, 0.05) is 0 Å². The van der Waals surface area contributed by atoms with Gasteiger partial charge in [0.2, 0.25) is 5.91 Å². The SMILES string of the molecule is NC(=S)CC(=O)NCC(F)(F)F. The Labute approximate surface area is 72.1 Å². The number of thiocarbonyl (C=S) groups is 1. The first-order chi connectivity index (χ1) is 5.31. The first-order valence-electron chi connectivity index (χ1n) is 2.93. The Morgan fingerprint density at radius 3 is 2.33 bits per heavy atom. The van der Waals surface area contributed by atoms with Gasteiger partial charge in [-0.15, -0.1) is 0 Å². The molecule has 0 heterocycles. The lowest BCUT2D eigenvalue weighted by Gasteiger charge is -2.07. The van der Waals surface area contributed by atoms with E-state index in [2.05, 4.69) is 12.2 Å². The summed E-state index contributed by atoms with van der Waals surface area (Å²) in [6, 6.07) is 0.